The van der Waals surface area contributed by atoms with Crippen molar-refractivity contribution in [1.29, 1.82) is 0 Å². The summed E-state index contributed by atoms with van der Waals surface area (Å²) in [7, 11) is 3.26. The molecule has 1 aromatic heterocycles. The molecule has 1 fully saturated rings. The first-order chi connectivity index (χ1) is 16.5. The number of benzene rings is 1. The highest BCUT2D eigenvalue weighted by Gasteiger charge is 2.33. The van der Waals surface area contributed by atoms with E-state index in [-0.39, 0.29) is 17.3 Å². The van der Waals surface area contributed by atoms with Crippen LogP contribution in [-0.4, -0.2) is 31.2 Å². The molecule has 6 nitrogen and oxygen atoms in total. The highest BCUT2D eigenvalue weighted by molar-refractivity contribution is 5.95. The third-order valence-corrected chi connectivity index (χ3v) is 6.94. The normalized spacial score (nSPS) is 15.6. The van der Waals surface area contributed by atoms with E-state index in [1.165, 1.54) is 18.4 Å². The minimum absolute atomic E-state index is 0.170. The van der Waals surface area contributed by atoms with E-state index in [1.54, 1.807) is 20.3 Å². The van der Waals surface area contributed by atoms with Crippen molar-refractivity contribution in [3.63, 3.8) is 0 Å². The zero-order valence-corrected chi connectivity index (χ0v) is 20.6. The Morgan fingerprint density at radius 3 is 2.56 bits per heavy atom. The fourth-order valence-electron chi connectivity index (χ4n) is 4.93. The number of hydrogen-bond donors (Lipinski definition) is 1. The van der Waals surface area contributed by atoms with E-state index < -0.39 is 0 Å². The maximum atomic E-state index is 13.2. The van der Waals surface area contributed by atoms with Crippen molar-refractivity contribution in [3.8, 4) is 11.5 Å². The van der Waals surface area contributed by atoms with Crippen molar-refractivity contribution < 1.29 is 14.3 Å². The molecule has 4 rings (SSSR count). The van der Waals surface area contributed by atoms with Crippen LogP contribution in [0.3, 0.4) is 0 Å². The SMILES string of the molecule is COc1ccc(CCn2c(C)cc(=O)c(C(=O)NCCC3=CCCCC3)c2C2CC2)cc1OC. The number of hydrogen-bond acceptors (Lipinski definition) is 4. The number of methoxy groups -OCH3 is 2. The molecular weight excluding hydrogens is 428 g/mol. The van der Waals surface area contributed by atoms with Crippen molar-refractivity contribution in [2.45, 2.75) is 70.8 Å². The van der Waals surface area contributed by atoms with Gasteiger partial charge in [0.15, 0.2) is 16.9 Å². The van der Waals surface area contributed by atoms with E-state index in [2.05, 4.69) is 16.0 Å². The van der Waals surface area contributed by atoms with Gasteiger partial charge in [-0.15, -0.1) is 0 Å². The monoisotopic (exact) mass is 464 g/mol. The van der Waals surface area contributed by atoms with E-state index in [4.69, 9.17) is 9.47 Å². The fraction of sp³-hybridized carbons (Fsp3) is 0.500. The summed E-state index contributed by atoms with van der Waals surface area (Å²) in [6.45, 7) is 3.23. The Kier molecular flexibility index (Phi) is 7.76. The lowest BCUT2D eigenvalue weighted by Crippen LogP contribution is -2.33. The zero-order chi connectivity index (χ0) is 24.1. The summed E-state index contributed by atoms with van der Waals surface area (Å²) in [6.07, 6.45) is 10.7. The molecule has 1 aromatic carbocycles. The number of allylic oxidation sites excluding steroid dienone is 1. The minimum atomic E-state index is -0.233. The molecule has 1 heterocycles. The molecule has 1 saturated carbocycles. The molecule has 0 bridgehead atoms. The number of rotatable bonds is 10. The van der Waals surface area contributed by atoms with E-state index in [1.807, 2.05) is 25.1 Å². The van der Waals surface area contributed by atoms with Gasteiger partial charge in [0.25, 0.3) is 5.91 Å². The number of carbonyl (C=O) groups excluding carboxylic acids is 1. The average molecular weight is 465 g/mol. The highest BCUT2D eigenvalue weighted by Crippen LogP contribution is 2.41. The third-order valence-electron chi connectivity index (χ3n) is 6.94. The molecule has 0 spiro atoms. The number of nitrogens with zero attached hydrogens (tertiary/aromatic N) is 1. The second-order valence-corrected chi connectivity index (χ2v) is 9.39. The van der Waals surface area contributed by atoms with Gasteiger partial charge in [0.1, 0.15) is 5.56 Å². The molecule has 182 valence electrons. The molecule has 34 heavy (non-hydrogen) atoms. The van der Waals surface area contributed by atoms with Crippen LogP contribution in [0.4, 0.5) is 0 Å². The first-order valence-electron chi connectivity index (χ1n) is 12.4. The lowest BCUT2D eigenvalue weighted by atomic mass is 9.97. The molecule has 2 aliphatic rings. The first-order valence-corrected chi connectivity index (χ1v) is 12.4. The second kappa shape index (κ2) is 10.9. The van der Waals surface area contributed by atoms with E-state index in [0.717, 1.165) is 55.5 Å². The van der Waals surface area contributed by atoms with Crippen LogP contribution >= 0.6 is 0 Å². The number of aromatic nitrogens is 1. The second-order valence-electron chi connectivity index (χ2n) is 9.39. The van der Waals surface area contributed by atoms with Crippen molar-refractivity contribution in [1.82, 2.24) is 9.88 Å². The van der Waals surface area contributed by atoms with Crippen LogP contribution in [0.15, 0.2) is 40.7 Å². The number of carbonyl (C=O) groups is 1. The lowest BCUT2D eigenvalue weighted by Gasteiger charge is -2.20. The van der Waals surface area contributed by atoms with Crippen LogP contribution < -0.4 is 20.2 Å². The zero-order valence-electron chi connectivity index (χ0n) is 20.6. The molecule has 0 saturated heterocycles. The van der Waals surface area contributed by atoms with Crippen molar-refractivity contribution in [2.24, 2.45) is 0 Å². The number of pyridine rings is 1. The Balaban J connectivity index is 1.54. The van der Waals surface area contributed by atoms with Crippen LogP contribution in [0.2, 0.25) is 0 Å². The number of aryl methyl sites for hydroxylation is 2. The van der Waals surface area contributed by atoms with Gasteiger partial charge in [-0.1, -0.05) is 17.7 Å². The minimum Gasteiger partial charge on any atom is -0.493 e. The topological polar surface area (TPSA) is 69.6 Å². The summed E-state index contributed by atoms with van der Waals surface area (Å²) in [6, 6.07) is 7.54. The smallest absolute Gasteiger partial charge is 0.257 e. The van der Waals surface area contributed by atoms with E-state index >= 15 is 0 Å². The van der Waals surface area contributed by atoms with Crippen LogP contribution in [0, 0.1) is 6.92 Å². The molecule has 2 aliphatic carbocycles. The number of nitrogens with one attached hydrogen (secondary N) is 1. The molecule has 1 N–H and O–H groups in total. The molecule has 2 aromatic rings. The molecule has 0 atom stereocenters. The summed E-state index contributed by atoms with van der Waals surface area (Å²) >= 11 is 0. The van der Waals surface area contributed by atoms with Gasteiger partial charge < -0.3 is 19.4 Å². The van der Waals surface area contributed by atoms with Gasteiger partial charge in [-0.2, -0.15) is 0 Å². The van der Waals surface area contributed by atoms with Crippen LogP contribution in [-0.2, 0) is 13.0 Å². The van der Waals surface area contributed by atoms with Gasteiger partial charge in [-0.25, -0.2) is 0 Å². The third kappa shape index (κ3) is 5.54. The Morgan fingerprint density at radius 1 is 1.09 bits per heavy atom. The summed E-state index contributed by atoms with van der Waals surface area (Å²) < 4.78 is 13.0. The average Bonchev–Trinajstić information content (AvgIpc) is 3.68. The molecule has 0 aliphatic heterocycles. The van der Waals surface area contributed by atoms with Crippen LogP contribution in [0.5, 0.6) is 11.5 Å². The standard InChI is InChI=1S/C28H36N2O4/c1-19-17-23(31)26(28(32)29-15-13-20-7-5-4-6-8-20)27(22-10-11-22)30(19)16-14-21-9-12-24(33-2)25(18-21)34-3/h7,9,12,17-18,22H,4-6,8,10-11,13-16H2,1-3H3,(H,29,32). The molecule has 6 heteroatoms. The van der Waals surface area contributed by atoms with Gasteiger partial charge in [-0.05, 0) is 76.0 Å². The molecule has 1 amide bonds. The van der Waals surface area contributed by atoms with Crippen molar-refractivity contribution in [3.05, 3.63) is 68.7 Å². The Morgan fingerprint density at radius 2 is 1.88 bits per heavy atom. The highest BCUT2D eigenvalue weighted by atomic mass is 16.5. The number of ether oxygens (including phenoxy) is 2. The predicted molar refractivity (Wildman–Crippen MR) is 134 cm³/mol. The van der Waals surface area contributed by atoms with Crippen LogP contribution in [0.1, 0.15) is 78.2 Å². The summed E-state index contributed by atoms with van der Waals surface area (Å²) in [5, 5.41) is 3.03. The Bertz CT molecular complexity index is 1130. The van der Waals surface area contributed by atoms with Gasteiger partial charge >= 0.3 is 0 Å². The number of amides is 1. The first kappa shape index (κ1) is 24.1. The largest absolute Gasteiger partial charge is 0.493 e. The summed E-state index contributed by atoms with van der Waals surface area (Å²) in [5.41, 5.74) is 4.50. The lowest BCUT2D eigenvalue weighted by molar-refractivity contribution is 0.0951. The maximum absolute atomic E-state index is 13.2. The van der Waals surface area contributed by atoms with Crippen molar-refractivity contribution >= 4 is 5.91 Å². The quantitative estimate of drug-likeness (QED) is 0.507. The Hall–Kier alpha value is -3.02. The van der Waals surface area contributed by atoms with Crippen molar-refractivity contribution in [2.75, 3.05) is 20.8 Å². The van der Waals surface area contributed by atoms with Gasteiger partial charge in [0.05, 0.1) is 14.2 Å². The van der Waals surface area contributed by atoms with Gasteiger partial charge in [-0.3, -0.25) is 9.59 Å². The fourth-order valence-corrected chi connectivity index (χ4v) is 4.93. The van der Waals surface area contributed by atoms with E-state index in [0.29, 0.717) is 30.2 Å². The van der Waals surface area contributed by atoms with Crippen LogP contribution in [0.25, 0.3) is 0 Å². The van der Waals surface area contributed by atoms with Gasteiger partial charge in [0.2, 0.25) is 0 Å². The molecular formula is C28H36N2O4. The van der Waals surface area contributed by atoms with Gasteiger partial charge in [0, 0.05) is 36.5 Å². The van der Waals surface area contributed by atoms with E-state index in [9.17, 15) is 9.59 Å². The predicted octanol–water partition coefficient (Wildman–Crippen LogP) is 4.91. The summed E-state index contributed by atoms with van der Waals surface area (Å²) in [4.78, 5) is 26.1. The summed E-state index contributed by atoms with van der Waals surface area (Å²) in [5.74, 6) is 1.45. The maximum Gasteiger partial charge on any atom is 0.257 e. The molecule has 0 radical (unpaired) electrons. The Labute approximate surface area is 202 Å². The molecule has 0 unspecified atom stereocenters.